The van der Waals surface area contributed by atoms with E-state index in [1.54, 1.807) is 16.7 Å². The van der Waals surface area contributed by atoms with Crippen molar-refractivity contribution in [3.05, 3.63) is 40.1 Å². The van der Waals surface area contributed by atoms with Gasteiger partial charge in [0, 0.05) is 11.1 Å². The Balaban J connectivity index is 1.93. The molecule has 0 aliphatic carbocycles. The summed E-state index contributed by atoms with van der Waals surface area (Å²) in [5.41, 5.74) is 6.94. The Morgan fingerprint density at radius 2 is 2.07 bits per heavy atom. The minimum Gasteiger partial charge on any atom is -0.376 e. The molecule has 1 aromatic heterocycles. The Kier molecular flexibility index (Phi) is 6.67. The van der Waals surface area contributed by atoms with Gasteiger partial charge in [-0.15, -0.1) is 10.2 Å². The van der Waals surface area contributed by atoms with Crippen LogP contribution in [0.3, 0.4) is 0 Å². The average molecular weight is 457 g/mol. The number of nitrogens with zero attached hydrogens (tertiary/aromatic N) is 3. The van der Waals surface area contributed by atoms with Gasteiger partial charge in [-0.1, -0.05) is 41.4 Å². The third kappa shape index (κ3) is 4.96. The Morgan fingerprint density at radius 3 is 2.70 bits per heavy atom. The van der Waals surface area contributed by atoms with Gasteiger partial charge in [-0.05, 0) is 37.0 Å². The molecule has 2 N–H and O–H groups in total. The highest BCUT2D eigenvalue weighted by Gasteiger charge is 2.29. The summed E-state index contributed by atoms with van der Waals surface area (Å²) in [6, 6.07) is 6.87. The molecule has 2 unspecified atom stereocenters. The lowest BCUT2D eigenvalue weighted by atomic mass is 10.1. The summed E-state index contributed by atoms with van der Waals surface area (Å²) in [7, 11) is -3.66. The molecule has 7 nitrogen and oxygen atoms in total. The van der Waals surface area contributed by atoms with Crippen LogP contribution < -0.4 is 5.73 Å². The highest BCUT2D eigenvalue weighted by Crippen LogP contribution is 2.24. The van der Waals surface area contributed by atoms with Crippen molar-refractivity contribution in [3.8, 4) is 0 Å². The Bertz CT molecular complexity index is 861. The summed E-state index contributed by atoms with van der Waals surface area (Å²) in [5.74, 6) is 0.384. The molecule has 27 heavy (non-hydrogen) atoms. The smallest absolute Gasteiger partial charge is 0.250 e. The van der Waals surface area contributed by atoms with E-state index >= 15 is 0 Å². The van der Waals surface area contributed by atoms with Crippen molar-refractivity contribution in [2.45, 2.75) is 62.2 Å². The third-order valence-corrected chi connectivity index (χ3v) is 6.74. The molecule has 1 aliphatic heterocycles. The Labute approximate surface area is 168 Å². The monoisotopic (exact) mass is 456 g/mol. The van der Waals surface area contributed by atoms with Crippen molar-refractivity contribution in [1.82, 2.24) is 14.8 Å². The van der Waals surface area contributed by atoms with E-state index in [2.05, 4.69) is 26.1 Å². The van der Waals surface area contributed by atoms with Crippen LogP contribution in [0.15, 0.2) is 33.9 Å². The summed E-state index contributed by atoms with van der Waals surface area (Å²) in [5, 5.41) is 8.15. The van der Waals surface area contributed by atoms with Crippen molar-refractivity contribution in [2.24, 2.45) is 5.73 Å². The van der Waals surface area contributed by atoms with Gasteiger partial charge in [0.25, 0.3) is 0 Å². The van der Waals surface area contributed by atoms with E-state index in [1.807, 2.05) is 19.1 Å². The zero-order valence-corrected chi connectivity index (χ0v) is 17.7. The predicted octanol–water partition coefficient (Wildman–Crippen LogP) is 2.99. The molecule has 1 aliphatic rings. The molecule has 148 valence electrons. The fraction of sp³-hybridized carbons (Fsp3) is 0.556. The molecular formula is C18H25BrN4O3S. The van der Waals surface area contributed by atoms with Crippen LogP contribution >= 0.6 is 15.9 Å². The van der Waals surface area contributed by atoms with Gasteiger partial charge in [0.05, 0.1) is 24.4 Å². The molecule has 0 bridgehead atoms. The molecule has 2 atom stereocenters. The van der Waals surface area contributed by atoms with E-state index < -0.39 is 9.84 Å². The van der Waals surface area contributed by atoms with Crippen LogP contribution in [0.4, 0.5) is 0 Å². The molecule has 0 spiro atoms. The van der Waals surface area contributed by atoms with Crippen LogP contribution in [0.5, 0.6) is 0 Å². The summed E-state index contributed by atoms with van der Waals surface area (Å²) >= 11 is 3.36. The van der Waals surface area contributed by atoms with Crippen LogP contribution in [0.25, 0.3) is 0 Å². The molecule has 1 saturated heterocycles. The maximum atomic E-state index is 13.1. The quantitative estimate of drug-likeness (QED) is 0.654. The van der Waals surface area contributed by atoms with Crippen LogP contribution in [-0.2, 0) is 26.9 Å². The molecule has 0 amide bonds. The maximum absolute atomic E-state index is 13.1. The summed E-state index contributed by atoms with van der Waals surface area (Å²) < 4.78 is 34.4. The van der Waals surface area contributed by atoms with Crippen LogP contribution in [-0.4, -0.2) is 35.9 Å². The van der Waals surface area contributed by atoms with Crippen molar-refractivity contribution >= 4 is 25.8 Å². The molecule has 9 heteroatoms. The molecule has 3 rings (SSSR count). The third-order valence-electron chi connectivity index (χ3n) is 4.64. The number of rotatable bonds is 8. The lowest BCUT2D eigenvalue weighted by Gasteiger charge is -2.17. The van der Waals surface area contributed by atoms with Gasteiger partial charge >= 0.3 is 0 Å². The number of ether oxygens (including phenoxy) is 1. The van der Waals surface area contributed by atoms with Gasteiger partial charge in [-0.2, -0.15) is 0 Å². The Hall–Kier alpha value is -1.29. The number of nitrogens with two attached hydrogens (primary N) is 1. The first kappa shape index (κ1) is 20.4. The molecule has 1 aromatic carbocycles. The van der Waals surface area contributed by atoms with E-state index in [9.17, 15) is 8.42 Å². The van der Waals surface area contributed by atoms with Crippen molar-refractivity contribution in [1.29, 1.82) is 0 Å². The van der Waals surface area contributed by atoms with Crippen molar-refractivity contribution in [3.63, 3.8) is 0 Å². The van der Waals surface area contributed by atoms with Crippen LogP contribution in [0, 0.1) is 0 Å². The van der Waals surface area contributed by atoms with Crippen molar-refractivity contribution < 1.29 is 13.2 Å². The number of aromatic nitrogens is 3. The summed E-state index contributed by atoms with van der Waals surface area (Å²) in [6.07, 6.45) is 3.44. The van der Waals surface area contributed by atoms with Gasteiger partial charge in [0.15, 0.2) is 5.82 Å². The van der Waals surface area contributed by atoms with E-state index in [-0.39, 0.29) is 23.1 Å². The minimum atomic E-state index is -3.66. The zero-order valence-electron chi connectivity index (χ0n) is 15.3. The number of halogens is 1. The second kappa shape index (κ2) is 8.81. The number of sulfone groups is 1. The number of hydrogen-bond acceptors (Lipinski definition) is 6. The first-order valence-electron chi connectivity index (χ1n) is 9.18. The fourth-order valence-corrected chi connectivity index (χ4v) is 4.97. The van der Waals surface area contributed by atoms with Gasteiger partial charge in [-0.3, -0.25) is 4.57 Å². The van der Waals surface area contributed by atoms with Gasteiger partial charge in [0.1, 0.15) is 0 Å². The van der Waals surface area contributed by atoms with Gasteiger partial charge in [0.2, 0.25) is 15.0 Å². The van der Waals surface area contributed by atoms with E-state index in [4.69, 9.17) is 10.5 Å². The average Bonchev–Trinajstić information content (AvgIpc) is 3.27. The summed E-state index contributed by atoms with van der Waals surface area (Å²) in [4.78, 5) is 0. The molecular weight excluding hydrogens is 432 g/mol. The highest BCUT2D eigenvalue weighted by molar-refractivity contribution is 9.10. The molecule has 0 radical (unpaired) electrons. The van der Waals surface area contributed by atoms with Crippen LogP contribution in [0.2, 0.25) is 0 Å². The predicted molar refractivity (Wildman–Crippen MR) is 106 cm³/mol. The topological polar surface area (TPSA) is 100 Å². The molecule has 2 heterocycles. The highest BCUT2D eigenvalue weighted by atomic mass is 79.9. The fourth-order valence-electron chi connectivity index (χ4n) is 3.27. The first-order chi connectivity index (χ1) is 12.9. The maximum Gasteiger partial charge on any atom is 0.250 e. The zero-order chi connectivity index (χ0) is 19.4. The summed E-state index contributed by atoms with van der Waals surface area (Å²) in [6.45, 7) is 3.14. The number of hydrogen-bond donors (Lipinski definition) is 1. The lowest BCUT2D eigenvalue weighted by molar-refractivity contribution is 0.0936. The van der Waals surface area contributed by atoms with Crippen LogP contribution in [0.1, 0.15) is 50.0 Å². The largest absolute Gasteiger partial charge is 0.376 e. The molecule has 1 fully saturated rings. The second-order valence-electron chi connectivity index (χ2n) is 6.87. The first-order valence-corrected chi connectivity index (χ1v) is 11.6. The van der Waals surface area contributed by atoms with Gasteiger partial charge in [-0.25, -0.2) is 8.42 Å². The minimum absolute atomic E-state index is 0.0255. The number of benzene rings is 1. The lowest BCUT2D eigenvalue weighted by Crippen LogP contribution is -2.24. The molecule has 2 aromatic rings. The van der Waals surface area contributed by atoms with Gasteiger partial charge < -0.3 is 10.5 Å². The second-order valence-corrected chi connectivity index (χ2v) is 9.67. The SMILES string of the molecule is CCCC(N)c1nnc(S(=O)(=O)Cc2ccc(Br)cc2)n1CC1CCCO1. The van der Waals surface area contributed by atoms with E-state index in [0.29, 0.717) is 24.5 Å². The van der Waals surface area contributed by atoms with Crippen molar-refractivity contribution in [2.75, 3.05) is 6.61 Å². The molecule has 0 saturated carbocycles. The van der Waals surface area contributed by atoms with E-state index in [0.717, 1.165) is 30.2 Å². The standard InChI is InChI=1S/C18H25BrN4O3S/c1-2-4-16(20)17-21-22-18(23(17)11-15-5-3-10-26-15)27(24,25)12-13-6-8-14(19)9-7-13/h6-9,15-16H,2-5,10-12,20H2,1H3. The van der Waals surface area contributed by atoms with E-state index in [1.165, 1.54) is 0 Å². The Morgan fingerprint density at radius 1 is 1.33 bits per heavy atom. The normalized spacial score (nSPS) is 18.7.